The summed E-state index contributed by atoms with van der Waals surface area (Å²) in [6, 6.07) is 10.8. The molecule has 0 aliphatic heterocycles. The molecule has 0 saturated carbocycles. The lowest BCUT2D eigenvalue weighted by molar-refractivity contribution is -0.114. The summed E-state index contributed by atoms with van der Waals surface area (Å²) >= 11 is 2.51. The fourth-order valence-corrected chi connectivity index (χ4v) is 3.77. The third kappa shape index (κ3) is 6.28. The van der Waals surface area contributed by atoms with E-state index < -0.39 is 6.61 Å². The molecule has 7 nitrogen and oxygen atoms in total. The quantitative estimate of drug-likeness (QED) is 0.349. The van der Waals surface area contributed by atoms with E-state index in [1.165, 1.54) is 43.0 Å². The number of ketones is 1. The number of nitrogens with one attached hydrogen (secondary N) is 1. The molecule has 3 aromatic rings. The van der Waals surface area contributed by atoms with Gasteiger partial charge in [0, 0.05) is 22.9 Å². The van der Waals surface area contributed by atoms with Gasteiger partial charge in [-0.3, -0.25) is 9.59 Å². The molecule has 1 amide bonds. The van der Waals surface area contributed by atoms with Crippen LogP contribution in [0.2, 0.25) is 0 Å². The van der Waals surface area contributed by atoms with Crippen molar-refractivity contribution in [2.75, 3.05) is 17.3 Å². The maximum Gasteiger partial charge on any atom is 0.387 e. The molecule has 0 atom stereocenters. The lowest BCUT2D eigenvalue weighted by Crippen LogP contribution is -2.08. The first kappa shape index (κ1) is 22.8. The second-order valence-electron chi connectivity index (χ2n) is 6.08. The molecule has 0 saturated heterocycles. The van der Waals surface area contributed by atoms with E-state index in [0.29, 0.717) is 16.8 Å². The Labute approximate surface area is 185 Å². The number of halogens is 2. The Balaban J connectivity index is 1.62. The van der Waals surface area contributed by atoms with Crippen molar-refractivity contribution in [2.24, 2.45) is 0 Å². The van der Waals surface area contributed by atoms with Gasteiger partial charge < -0.3 is 14.5 Å². The summed E-state index contributed by atoms with van der Waals surface area (Å²) in [5.74, 6) is -0.0254. The number of hydrogen-bond acceptors (Lipinski definition) is 8. The molecule has 3 rings (SSSR count). The summed E-state index contributed by atoms with van der Waals surface area (Å²) in [5.41, 5.74) is 1.68. The number of alkyl halides is 2. The smallest absolute Gasteiger partial charge is 0.387 e. The van der Waals surface area contributed by atoms with Crippen LogP contribution in [0.15, 0.2) is 57.0 Å². The predicted octanol–water partition coefficient (Wildman–Crippen LogP) is 4.99. The number of Topliss-reactive ketones (excluding diaryl/α,β-unsaturated/α-hetero) is 1. The van der Waals surface area contributed by atoms with Crippen molar-refractivity contribution in [3.05, 3.63) is 48.0 Å². The minimum absolute atomic E-state index is 0.0209. The van der Waals surface area contributed by atoms with Crippen LogP contribution in [0, 0.1) is 0 Å². The van der Waals surface area contributed by atoms with Crippen LogP contribution in [0.3, 0.4) is 0 Å². The van der Waals surface area contributed by atoms with E-state index in [9.17, 15) is 18.4 Å². The summed E-state index contributed by atoms with van der Waals surface area (Å²) in [4.78, 5) is 24.6. The Bertz CT molecular complexity index is 1070. The average molecular weight is 466 g/mol. The molecular formula is C20H17F2N3O4S2. The van der Waals surface area contributed by atoms with E-state index in [-0.39, 0.29) is 34.3 Å². The Hall–Kier alpha value is -2.92. The zero-order valence-electron chi connectivity index (χ0n) is 16.4. The predicted molar refractivity (Wildman–Crippen MR) is 114 cm³/mol. The third-order valence-corrected chi connectivity index (χ3v) is 5.49. The van der Waals surface area contributed by atoms with Gasteiger partial charge in [0.2, 0.25) is 11.8 Å². The summed E-state index contributed by atoms with van der Waals surface area (Å²) < 4.78 is 34.3. The van der Waals surface area contributed by atoms with Gasteiger partial charge in [-0.2, -0.15) is 8.78 Å². The number of anilines is 1. The topological polar surface area (TPSA) is 94.3 Å². The van der Waals surface area contributed by atoms with Crippen LogP contribution in [0.5, 0.6) is 5.75 Å². The zero-order valence-corrected chi connectivity index (χ0v) is 18.1. The van der Waals surface area contributed by atoms with Gasteiger partial charge in [0.1, 0.15) is 5.75 Å². The lowest BCUT2D eigenvalue weighted by atomic mass is 10.1. The molecule has 11 heteroatoms. The number of aromatic nitrogens is 2. The third-order valence-electron chi connectivity index (χ3n) is 3.89. The minimum atomic E-state index is -2.90. The van der Waals surface area contributed by atoms with Crippen molar-refractivity contribution in [1.82, 2.24) is 10.2 Å². The Morgan fingerprint density at radius 3 is 2.55 bits per heavy atom. The summed E-state index contributed by atoms with van der Waals surface area (Å²) in [7, 11) is 0. The van der Waals surface area contributed by atoms with Gasteiger partial charge in [-0.05, 0) is 48.7 Å². The van der Waals surface area contributed by atoms with Gasteiger partial charge in [-0.25, -0.2) is 0 Å². The van der Waals surface area contributed by atoms with Crippen molar-refractivity contribution in [1.29, 1.82) is 0 Å². The molecule has 0 unspecified atom stereocenters. The molecule has 0 spiro atoms. The molecule has 0 radical (unpaired) electrons. The monoisotopic (exact) mass is 465 g/mol. The largest absolute Gasteiger partial charge is 0.435 e. The molecular weight excluding hydrogens is 448 g/mol. The van der Waals surface area contributed by atoms with E-state index >= 15 is 0 Å². The second-order valence-corrected chi connectivity index (χ2v) is 7.86. The van der Waals surface area contributed by atoms with Crippen molar-refractivity contribution in [2.45, 2.75) is 23.7 Å². The molecule has 1 N–H and O–H groups in total. The van der Waals surface area contributed by atoms with Gasteiger partial charge >= 0.3 is 6.61 Å². The first-order valence-electron chi connectivity index (χ1n) is 8.86. The van der Waals surface area contributed by atoms with E-state index in [1.54, 1.807) is 18.2 Å². The van der Waals surface area contributed by atoms with Crippen LogP contribution >= 0.6 is 23.5 Å². The van der Waals surface area contributed by atoms with Gasteiger partial charge in [0.25, 0.3) is 5.22 Å². The summed E-state index contributed by atoms with van der Waals surface area (Å²) in [6.07, 6.45) is 1.86. The van der Waals surface area contributed by atoms with E-state index in [4.69, 9.17) is 4.42 Å². The lowest BCUT2D eigenvalue weighted by Gasteiger charge is -2.09. The van der Waals surface area contributed by atoms with Crippen LogP contribution in [0.1, 0.15) is 17.3 Å². The molecule has 2 aromatic carbocycles. The number of nitrogens with zero attached hydrogens (tertiary/aromatic N) is 2. The van der Waals surface area contributed by atoms with Crippen LogP contribution in [-0.2, 0) is 4.79 Å². The van der Waals surface area contributed by atoms with Gasteiger partial charge in [0.15, 0.2) is 5.78 Å². The van der Waals surface area contributed by atoms with Crippen molar-refractivity contribution in [3.8, 4) is 17.2 Å². The zero-order chi connectivity index (χ0) is 22.4. The highest BCUT2D eigenvalue weighted by Crippen LogP contribution is 2.29. The number of benzene rings is 2. The van der Waals surface area contributed by atoms with E-state index in [0.717, 1.165) is 16.7 Å². The van der Waals surface area contributed by atoms with Gasteiger partial charge in [-0.1, -0.05) is 11.8 Å². The molecule has 0 fully saturated rings. The number of carbonyl (C=O) groups is 2. The number of thioether (sulfide) groups is 2. The molecule has 0 aliphatic rings. The average Bonchev–Trinajstić information content (AvgIpc) is 3.21. The first-order chi connectivity index (χ1) is 14.9. The maximum atomic E-state index is 12.5. The normalized spacial score (nSPS) is 10.9. The van der Waals surface area contributed by atoms with Crippen LogP contribution in [-0.4, -0.2) is 40.5 Å². The van der Waals surface area contributed by atoms with Crippen molar-refractivity contribution < 1.29 is 27.5 Å². The van der Waals surface area contributed by atoms with Crippen LogP contribution < -0.4 is 10.1 Å². The molecule has 31 heavy (non-hydrogen) atoms. The number of hydrogen-bond donors (Lipinski definition) is 1. The van der Waals surface area contributed by atoms with Crippen molar-refractivity contribution >= 4 is 40.9 Å². The van der Waals surface area contributed by atoms with Gasteiger partial charge in [-0.15, -0.1) is 22.0 Å². The van der Waals surface area contributed by atoms with Crippen LogP contribution in [0.4, 0.5) is 14.5 Å². The van der Waals surface area contributed by atoms with Crippen LogP contribution in [0.25, 0.3) is 11.5 Å². The number of rotatable bonds is 9. The summed E-state index contributed by atoms with van der Waals surface area (Å²) in [6.45, 7) is -1.48. The fraction of sp³-hybridized carbons (Fsp3) is 0.200. The Morgan fingerprint density at radius 1 is 1.16 bits per heavy atom. The number of carbonyl (C=O) groups excluding carboxylic acids is 2. The fourth-order valence-electron chi connectivity index (χ4n) is 2.53. The number of ether oxygens (including phenoxy) is 1. The van der Waals surface area contributed by atoms with E-state index in [1.807, 2.05) is 6.26 Å². The van der Waals surface area contributed by atoms with Gasteiger partial charge in [0.05, 0.1) is 11.4 Å². The second kappa shape index (κ2) is 10.4. The van der Waals surface area contributed by atoms with E-state index in [2.05, 4.69) is 20.3 Å². The SMILES string of the molecule is CSc1cc(C(=O)CSc2nnc(-c3ccc(OC(F)F)cc3)o2)ccc1NC(C)=O. The molecule has 0 bridgehead atoms. The number of amides is 1. The molecule has 162 valence electrons. The minimum Gasteiger partial charge on any atom is -0.435 e. The molecule has 1 aromatic heterocycles. The highest BCUT2D eigenvalue weighted by atomic mass is 32.2. The Kier molecular flexibility index (Phi) is 7.64. The summed E-state index contributed by atoms with van der Waals surface area (Å²) in [5, 5.41) is 10.7. The maximum absolute atomic E-state index is 12.5. The molecule has 0 aliphatic carbocycles. The highest BCUT2D eigenvalue weighted by Gasteiger charge is 2.15. The van der Waals surface area contributed by atoms with Crippen molar-refractivity contribution in [3.63, 3.8) is 0 Å². The Morgan fingerprint density at radius 2 is 1.90 bits per heavy atom. The standard InChI is InChI=1S/C20H17F2N3O4S2/c1-11(26)23-15-8-5-13(9-17(15)30-2)16(27)10-31-20-25-24-18(29-20)12-3-6-14(7-4-12)28-19(21)22/h3-9,19H,10H2,1-2H3,(H,23,26). The molecule has 1 heterocycles. The first-order valence-corrected chi connectivity index (χ1v) is 11.1. The highest BCUT2D eigenvalue weighted by molar-refractivity contribution is 7.99.